The van der Waals surface area contributed by atoms with Crippen molar-refractivity contribution in [2.75, 3.05) is 5.75 Å². The maximum absolute atomic E-state index is 14.9. The molecule has 2 aromatic carbocycles. The van der Waals surface area contributed by atoms with Crippen LogP contribution in [0.25, 0.3) is 0 Å². The lowest BCUT2D eigenvalue weighted by atomic mass is 9.78. The quantitative estimate of drug-likeness (QED) is 0.431. The Kier molecular flexibility index (Phi) is 6.41. The van der Waals surface area contributed by atoms with Crippen LogP contribution < -0.4 is 0 Å². The molecule has 1 heterocycles. The van der Waals surface area contributed by atoms with Gasteiger partial charge in [-0.1, -0.05) is 11.6 Å². The highest BCUT2D eigenvalue weighted by Gasteiger charge is 2.50. The van der Waals surface area contributed by atoms with E-state index in [1.54, 1.807) is 0 Å². The van der Waals surface area contributed by atoms with E-state index in [2.05, 4.69) is 0 Å². The number of hydrogen-bond donors (Lipinski definition) is 0. The second-order valence-corrected chi connectivity index (χ2v) is 12.9. The van der Waals surface area contributed by atoms with Crippen LogP contribution in [0, 0.1) is 17.6 Å². The van der Waals surface area contributed by atoms with Gasteiger partial charge in [0.25, 0.3) is 0 Å². The number of hydrogen-bond acceptors (Lipinski definition) is 5. The van der Waals surface area contributed by atoms with Gasteiger partial charge in [0.05, 0.1) is 16.9 Å². The Balaban J connectivity index is 1.72. The van der Waals surface area contributed by atoms with Crippen LogP contribution >= 0.6 is 11.6 Å². The molecule has 0 unspecified atom stereocenters. The lowest BCUT2D eigenvalue weighted by molar-refractivity contribution is 0.302. The molecule has 0 aliphatic heterocycles. The summed E-state index contributed by atoms with van der Waals surface area (Å²) in [7, 11) is -7.87. The monoisotopic (exact) mass is 514 g/mol. The largest absolute Gasteiger partial charge is 0.453 e. The van der Waals surface area contributed by atoms with Crippen molar-refractivity contribution in [3.05, 3.63) is 83.1 Å². The smallest absolute Gasteiger partial charge is 0.217 e. The second kappa shape index (κ2) is 8.85. The molecule has 1 aliphatic rings. The summed E-state index contributed by atoms with van der Waals surface area (Å²) in [5.74, 6) is -2.15. The minimum absolute atomic E-state index is 0.0581. The Morgan fingerprint density at radius 1 is 0.970 bits per heavy atom. The summed E-state index contributed by atoms with van der Waals surface area (Å²) in [5, 5.41) is 0.191. The third-order valence-corrected chi connectivity index (χ3v) is 10.8. The number of benzene rings is 2. The van der Waals surface area contributed by atoms with Gasteiger partial charge in [0.1, 0.15) is 16.4 Å². The van der Waals surface area contributed by atoms with Crippen LogP contribution in [-0.4, -0.2) is 22.6 Å². The lowest BCUT2D eigenvalue weighted by Crippen LogP contribution is -2.41. The standard InChI is InChI=1S/C23H21ClF2O5S2/c24-17-3-6-19(7-4-17)33(29,30)23(20-14-18(25)5-8-21(20)26)11-9-16(10-12-23)15-32(27,28)22-2-1-13-31-22/h1-8,13-14,16H,9-12,15H2. The average molecular weight is 515 g/mol. The van der Waals surface area contributed by atoms with Crippen LogP contribution in [-0.2, 0) is 24.4 Å². The number of furan rings is 1. The van der Waals surface area contributed by atoms with E-state index in [0.717, 1.165) is 18.2 Å². The highest BCUT2D eigenvalue weighted by atomic mass is 35.5. The molecule has 176 valence electrons. The van der Waals surface area contributed by atoms with E-state index in [0.29, 0.717) is 5.02 Å². The van der Waals surface area contributed by atoms with Gasteiger partial charge in [0.2, 0.25) is 14.9 Å². The van der Waals surface area contributed by atoms with Crippen LogP contribution in [0.5, 0.6) is 0 Å². The molecule has 10 heteroatoms. The van der Waals surface area contributed by atoms with Crippen molar-refractivity contribution in [2.24, 2.45) is 5.92 Å². The van der Waals surface area contributed by atoms with Crippen LogP contribution in [0.4, 0.5) is 8.78 Å². The summed E-state index contributed by atoms with van der Waals surface area (Å²) in [6.45, 7) is 0. The first-order valence-corrected chi connectivity index (χ1v) is 13.8. The van der Waals surface area contributed by atoms with E-state index >= 15 is 0 Å². The van der Waals surface area contributed by atoms with Gasteiger partial charge in [0.15, 0.2) is 9.84 Å². The molecule has 0 spiro atoms. The van der Waals surface area contributed by atoms with Crippen LogP contribution in [0.3, 0.4) is 0 Å². The fourth-order valence-corrected chi connectivity index (χ4v) is 8.41. The first-order valence-electron chi connectivity index (χ1n) is 10.3. The zero-order valence-electron chi connectivity index (χ0n) is 17.4. The maximum atomic E-state index is 14.9. The van der Waals surface area contributed by atoms with Crippen molar-refractivity contribution >= 4 is 31.3 Å². The van der Waals surface area contributed by atoms with Crippen LogP contribution in [0.1, 0.15) is 31.2 Å². The van der Waals surface area contributed by atoms with E-state index in [-0.39, 0.29) is 52.9 Å². The van der Waals surface area contributed by atoms with Gasteiger partial charge >= 0.3 is 0 Å². The zero-order chi connectivity index (χ0) is 23.9. The summed E-state index contributed by atoms with van der Waals surface area (Å²) in [6, 6.07) is 11.1. The molecule has 1 aromatic heterocycles. The Morgan fingerprint density at radius 3 is 2.24 bits per heavy atom. The Hall–Kier alpha value is -2.23. The molecule has 0 saturated heterocycles. The Morgan fingerprint density at radius 2 is 1.64 bits per heavy atom. The van der Waals surface area contributed by atoms with Crippen molar-refractivity contribution in [3.8, 4) is 0 Å². The minimum Gasteiger partial charge on any atom is -0.453 e. The SMILES string of the molecule is O=S(=O)(CC1CCC(c2cc(F)ccc2F)(S(=O)(=O)c2ccc(Cl)cc2)CC1)c1ccco1. The Labute approximate surface area is 196 Å². The molecule has 0 bridgehead atoms. The Bertz CT molecular complexity index is 1340. The zero-order valence-corrected chi connectivity index (χ0v) is 19.8. The molecule has 33 heavy (non-hydrogen) atoms. The second-order valence-electron chi connectivity index (χ2n) is 8.23. The third kappa shape index (κ3) is 4.46. The average Bonchev–Trinajstić information content (AvgIpc) is 3.32. The minimum atomic E-state index is -4.18. The van der Waals surface area contributed by atoms with Gasteiger partial charge in [-0.3, -0.25) is 0 Å². The summed E-state index contributed by atoms with van der Waals surface area (Å²) in [6.07, 6.45) is 1.54. The van der Waals surface area contributed by atoms with Crippen molar-refractivity contribution in [2.45, 2.75) is 40.4 Å². The topological polar surface area (TPSA) is 81.4 Å². The molecule has 0 amide bonds. The molecular formula is C23H21ClF2O5S2. The van der Waals surface area contributed by atoms with E-state index in [9.17, 15) is 25.6 Å². The van der Waals surface area contributed by atoms with Gasteiger partial charge in [-0.25, -0.2) is 25.6 Å². The van der Waals surface area contributed by atoms with Crippen molar-refractivity contribution in [3.63, 3.8) is 0 Å². The van der Waals surface area contributed by atoms with E-state index in [1.165, 1.54) is 42.7 Å². The van der Waals surface area contributed by atoms with Gasteiger partial charge < -0.3 is 4.42 Å². The maximum Gasteiger partial charge on any atom is 0.217 e. The molecule has 0 N–H and O–H groups in total. The summed E-state index contributed by atoms with van der Waals surface area (Å²) in [4.78, 5) is -0.0581. The predicted octanol–water partition coefficient (Wildman–Crippen LogP) is 5.54. The van der Waals surface area contributed by atoms with Crippen LogP contribution in [0.15, 0.2) is 75.3 Å². The molecule has 3 aromatic rings. The van der Waals surface area contributed by atoms with Crippen molar-refractivity contribution in [1.82, 2.24) is 0 Å². The third-order valence-electron chi connectivity index (χ3n) is 6.23. The fourth-order valence-electron chi connectivity index (χ4n) is 4.51. The molecule has 4 rings (SSSR count). The number of halogens is 3. The summed E-state index contributed by atoms with van der Waals surface area (Å²) < 4.78 is 85.1. The van der Waals surface area contributed by atoms with E-state index in [4.69, 9.17) is 16.0 Å². The van der Waals surface area contributed by atoms with Crippen LogP contribution in [0.2, 0.25) is 5.02 Å². The van der Waals surface area contributed by atoms with Gasteiger partial charge in [-0.2, -0.15) is 0 Å². The number of rotatable bonds is 6. The molecule has 0 radical (unpaired) electrons. The lowest BCUT2D eigenvalue weighted by Gasteiger charge is -2.40. The molecule has 1 aliphatic carbocycles. The molecule has 5 nitrogen and oxygen atoms in total. The highest BCUT2D eigenvalue weighted by molar-refractivity contribution is 7.92. The first kappa shape index (κ1) is 23.9. The van der Waals surface area contributed by atoms with Gasteiger partial charge in [-0.05, 0) is 86.2 Å². The van der Waals surface area contributed by atoms with E-state index in [1.807, 2.05) is 0 Å². The van der Waals surface area contributed by atoms with E-state index < -0.39 is 36.1 Å². The van der Waals surface area contributed by atoms with Crippen molar-refractivity contribution in [1.29, 1.82) is 0 Å². The molecule has 0 atom stereocenters. The van der Waals surface area contributed by atoms with Crippen molar-refractivity contribution < 1.29 is 30.0 Å². The first-order chi connectivity index (χ1) is 15.5. The normalized spacial score (nSPS) is 21.7. The molecular weight excluding hydrogens is 494 g/mol. The predicted molar refractivity (Wildman–Crippen MR) is 119 cm³/mol. The summed E-state index contributed by atoms with van der Waals surface area (Å²) >= 11 is 5.90. The molecule has 1 saturated carbocycles. The highest BCUT2D eigenvalue weighted by Crippen LogP contribution is 2.49. The fraction of sp³-hybridized carbons (Fsp3) is 0.304. The molecule has 1 fully saturated rings. The van der Waals surface area contributed by atoms with Gasteiger partial charge in [-0.15, -0.1) is 0 Å². The summed E-state index contributed by atoms with van der Waals surface area (Å²) in [5.41, 5.74) is -0.246. The van der Waals surface area contributed by atoms with Gasteiger partial charge in [0, 0.05) is 10.6 Å². The number of sulfone groups is 2.